The highest BCUT2D eigenvalue weighted by molar-refractivity contribution is 6.06. The summed E-state index contributed by atoms with van der Waals surface area (Å²) in [4.78, 5) is 70.6. The van der Waals surface area contributed by atoms with E-state index in [0.717, 1.165) is 74.5 Å². The van der Waals surface area contributed by atoms with Gasteiger partial charge in [-0.05, 0) is 156 Å². The van der Waals surface area contributed by atoms with Gasteiger partial charge in [-0.15, -0.1) is 0 Å². The Kier molecular flexibility index (Phi) is 20.8. The molecular formula is C54H76F8N6O9. The van der Waals surface area contributed by atoms with Gasteiger partial charge >= 0.3 is 18.8 Å². The van der Waals surface area contributed by atoms with Crippen molar-refractivity contribution in [2.45, 2.75) is 174 Å². The number of nitrogens with zero attached hydrogens (tertiary/aromatic N) is 4. The number of nitrogens with two attached hydrogens (primary N) is 1. The fraction of sp³-hybridized carbons (Fsp3) is 0.685. The summed E-state index contributed by atoms with van der Waals surface area (Å²) in [5.74, 6) is -3.62. The zero-order valence-electron chi connectivity index (χ0n) is 45.7. The Bertz CT molecular complexity index is 2400. The highest BCUT2D eigenvalue weighted by Crippen LogP contribution is 2.47. The molecular weight excluding hydrogens is 1030 g/mol. The van der Waals surface area contributed by atoms with Gasteiger partial charge in [-0.25, -0.2) is 0 Å². The lowest BCUT2D eigenvalue weighted by Gasteiger charge is -2.41. The second-order valence-corrected chi connectivity index (χ2v) is 21.8. The van der Waals surface area contributed by atoms with Crippen molar-refractivity contribution in [3.05, 3.63) is 46.5 Å². The number of carbonyl (C=O) groups is 5. The van der Waals surface area contributed by atoms with Crippen LogP contribution in [-0.4, -0.2) is 135 Å². The fourth-order valence-corrected chi connectivity index (χ4v) is 10.9. The average Bonchev–Trinajstić information content (AvgIpc) is 3.38. The summed E-state index contributed by atoms with van der Waals surface area (Å²) in [5.41, 5.74) is -0.600. The van der Waals surface area contributed by atoms with Gasteiger partial charge in [-0.1, -0.05) is 0 Å². The highest BCUT2D eigenvalue weighted by Gasteiger charge is 2.48. The van der Waals surface area contributed by atoms with Crippen LogP contribution in [0.25, 0.3) is 0 Å². The molecule has 77 heavy (non-hydrogen) atoms. The molecule has 2 aliphatic carbocycles. The van der Waals surface area contributed by atoms with Gasteiger partial charge in [0.25, 0.3) is 29.5 Å². The second-order valence-electron chi connectivity index (χ2n) is 21.8. The van der Waals surface area contributed by atoms with Crippen molar-refractivity contribution in [3.63, 3.8) is 0 Å². The SMILES string of the molecule is COCCC1CCC(N(C(=O)c2cc3c(cc2C(F)(F)F)OC(C)(C)C(=O)N3CCN)C(C)C)CC1.COCCC1CCC(N(C(=O)c2cc3c(cc2C(F)(F)F)OC(C)(C)C(=O)N3CCNC(=O)C(F)F)C(C)C)CC1. The van der Waals surface area contributed by atoms with E-state index in [9.17, 15) is 59.1 Å². The van der Waals surface area contributed by atoms with E-state index >= 15 is 0 Å². The zero-order chi connectivity index (χ0) is 57.5. The van der Waals surface area contributed by atoms with Crippen LogP contribution in [0.1, 0.15) is 151 Å². The van der Waals surface area contributed by atoms with Gasteiger partial charge in [0, 0.05) is 77.8 Å². The molecule has 4 aliphatic rings. The Labute approximate surface area is 445 Å². The van der Waals surface area contributed by atoms with E-state index in [1.165, 1.54) is 37.5 Å². The average molecular weight is 1110 g/mol. The molecule has 2 fully saturated rings. The van der Waals surface area contributed by atoms with Crippen LogP contribution in [0, 0.1) is 11.8 Å². The summed E-state index contributed by atoms with van der Waals surface area (Å²) in [6, 6.07) is 2.57. The first-order valence-corrected chi connectivity index (χ1v) is 26.3. The summed E-state index contributed by atoms with van der Waals surface area (Å²) < 4.78 is 133. The highest BCUT2D eigenvalue weighted by atomic mass is 19.4. The molecule has 5 amide bonds. The van der Waals surface area contributed by atoms with Crippen LogP contribution >= 0.6 is 0 Å². The van der Waals surface area contributed by atoms with E-state index in [-0.39, 0.29) is 67.2 Å². The molecule has 2 aliphatic heterocycles. The summed E-state index contributed by atoms with van der Waals surface area (Å²) in [7, 11) is 3.29. The van der Waals surface area contributed by atoms with Crippen molar-refractivity contribution in [2.75, 3.05) is 63.4 Å². The number of amides is 5. The van der Waals surface area contributed by atoms with E-state index in [1.807, 2.05) is 19.2 Å². The normalized spacial score (nSPS) is 21.2. The number of carbonyl (C=O) groups excluding carboxylic acids is 5. The largest absolute Gasteiger partial charge is 0.476 e. The second kappa shape index (κ2) is 25.7. The molecule has 0 spiro atoms. The molecule has 0 atom stereocenters. The molecule has 0 unspecified atom stereocenters. The number of methoxy groups -OCH3 is 2. The van der Waals surface area contributed by atoms with Crippen LogP contribution in [0.3, 0.4) is 0 Å². The predicted molar refractivity (Wildman–Crippen MR) is 272 cm³/mol. The summed E-state index contributed by atoms with van der Waals surface area (Å²) in [6.07, 6.45) is -5.03. The third-order valence-electron chi connectivity index (χ3n) is 14.7. The van der Waals surface area contributed by atoms with E-state index in [2.05, 4.69) is 0 Å². The van der Waals surface area contributed by atoms with Gasteiger partial charge in [0.15, 0.2) is 11.2 Å². The molecule has 2 saturated carbocycles. The molecule has 0 bridgehead atoms. The van der Waals surface area contributed by atoms with E-state index in [1.54, 1.807) is 33.0 Å². The maximum absolute atomic E-state index is 14.4. The smallest absolute Gasteiger partial charge is 0.417 e. The molecule has 0 aromatic heterocycles. The molecule has 6 rings (SSSR count). The van der Waals surface area contributed by atoms with Crippen LogP contribution in [0.15, 0.2) is 24.3 Å². The molecule has 15 nitrogen and oxygen atoms in total. The van der Waals surface area contributed by atoms with E-state index < -0.39 is 87.8 Å². The summed E-state index contributed by atoms with van der Waals surface area (Å²) in [5, 5.41) is 1.99. The maximum Gasteiger partial charge on any atom is 0.417 e. The van der Waals surface area contributed by atoms with Crippen LogP contribution in [-0.2, 0) is 36.2 Å². The zero-order valence-corrected chi connectivity index (χ0v) is 45.7. The predicted octanol–water partition coefficient (Wildman–Crippen LogP) is 9.65. The van der Waals surface area contributed by atoms with Gasteiger partial charge in [-0.3, -0.25) is 24.0 Å². The number of halogens is 8. The summed E-state index contributed by atoms with van der Waals surface area (Å²) >= 11 is 0. The number of nitrogens with one attached hydrogen (secondary N) is 1. The molecule has 0 saturated heterocycles. The summed E-state index contributed by atoms with van der Waals surface area (Å²) in [6.45, 7) is 13.6. The Hall–Kier alpha value is -5.29. The van der Waals surface area contributed by atoms with Crippen molar-refractivity contribution >= 4 is 40.9 Å². The number of rotatable bonds is 18. The lowest BCUT2D eigenvalue weighted by molar-refractivity contribution is -0.139. The lowest BCUT2D eigenvalue weighted by atomic mass is 9.83. The first kappa shape index (κ1) is 62.6. The number of alkyl halides is 8. The standard InChI is InChI=1S/C28H38F5N3O5.C26H38F3N3O4/c1-16(2)36(18-8-6-17(7-9-18)10-13-40-5)25(38)19-14-21-22(15-20(19)28(31,32)33)41-27(3,4)26(39)35(21)12-11-34-24(37)23(29)30;1-16(2)32(18-8-6-17(7-9-18)10-13-35-5)23(33)19-14-21-22(15-20(19)26(27,28)29)36-25(3,4)24(34)31(21)12-11-30/h14-18,23H,6-13H2,1-5H3,(H,34,37);14-18H,6-13,30H2,1-5H3. The van der Waals surface area contributed by atoms with Gasteiger partial charge < -0.3 is 49.6 Å². The molecule has 2 heterocycles. The van der Waals surface area contributed by atoms with Crippen LogP contribution in [0.2, 0.25) is 0 Å². The number of hydrogen-bond donors (Lipinski definition) is 2. The number of ether oxygens (including phenoxy) is 4. The Morgan fingerprint density at radius 1 is 0.662 bits per heavy atom. The number of anilines is 2. The van der Waals surface area contributed by atoms with Gasteiger partial charge in [-0.2, -0.15) is 35.1 Å². The van der Waals surface area contributed by atoms with E-state index in [0.29, 0.717) is 44.0 Å². The van der Waals surface area contributed by atoms with Crippen LogP contribution < -0.4 is 30.3 Å². The van der Waals surface area contributed by atoms with Gasteiger partial charge in [0.2, 0.25) is 0 Å². The molecule has 23 heteroatoms. The third-order valence-corrected chi connectivity index (χ3v) is 14.7. The first-order chi connectivity index (χ1) is 35.9. The Morgan fingerprint density at radius 2 is 1.03 bits per heavy atom. The number of hydrogen-bond acceptors (Lipinski definition) is 10. The first-order valence-electron chi connectivity index (χ1n) is 26.3. The topological polar surface area (TPSA) is 173 Å². The quantitative estimate of drug-likeness (QED) is 0.137. The Morgan fingerprint density at radius 3 is 1.34 bits per heavy atom. The Balaban J connectivity index is 0.000000286. The molecule has 3 N–H and O–H groups in total. The minimum atomic E-state index is -4.91. The lowest BCUT2D eigenvalue weighted by Crippen LogP contribution is -2.54. The third kappa shape index (κ3) is 14.9. The maximum atomic E-state index is 14.4. The van der Waals surface area contributed by atoms with Crippen molar-refractivity contribution < 1.29 is 78.0 Å². The van der Waals surface area contributed by atoms with Crippen LogP contribution in [0.4, 0.5) is 46.5 Å². The molecule has 432 valence electrons. The van der Waals surface area contributed by atoms with Crippen molar-refractivity contribution in [1.29, 1.82) is 0 Å². The van der Waals surface area contributed by atoms with Crippen molar-refractivity contribution in [2.24, 2.45) is 17.6 Å². The molecule has 0 radical (unpaired) electrons. The van der Waals surface area contributed by atoms with Crippen LogP contribution in [0.5, 0.6) is 11.5 Å². The minimum absolute atomic E-state index is 0.0910. The van der Waals surface area contributed by atoms with E-state index in [4.69, 9.17) is 24.7 Å². The van der Waals surface area contributed by atoms with Gasteiger partial charge in [0.1, 0.15) is 11.5 Å². The molecule has 2 aromatic carbocycles. The minimum Gasteiger partial charge on any atom is -0.476 e. The van der Waals surface area contributed by atoms with Crippen molar-refractivity contribution in [1.82, 2.24) is 15.1 Å². The van der Waals surface area contributed by atoms with Gasteiger partial charge in [0.05, 0.1) is 33.6 Å². The number of fused-ring (bicyclic) bond motifs is 2. The van der Waals surface area contributed by atoms with Crippen molar-refractivity contribution in [3.8, 4) is 11.5 Å². The monoisotopic (exact) mass is 1100 g/mol. The number of benzene rings is 2. The molecule has 2 aromatic rings. The fourth-order valence-electron chi connectivity index (χ4n) is 10.9.